The first-order valence-corrected chi connectivity index (χ1v) is 17.4. The Morgan fingerprint density at radius 1 is 0.894 bits per heavy atom. The molecule has 6 nitrogen and oxygen atoms in total. The van der Waals surface area contributed by atoms with Crippen molar-refractivity contribution >= 4 is 23.5 Å². The van der Waals surface area contributed by atoms with E-state index in [9.17, 15) is 14.7 Å². The predicted octanol–water partition coefficient (Wildman–Crippen LogP) is 7.35. The summed E-state index contributed by atoms with van der Waals surface area (Å²) in [5, 5.41) is 10.5. The molecule has 6 heteroatoms. The highest BCUT2D eigenvalue weighted by molar-refractivity contribution is 6.06. The molecule has 47 heavy (non-hydrogen) atoms. The van der Waals surface area contributed by atoms with Gasteiger partial charge in [0.05, 0.1) is 24.5 Å². The zero-order chi connectivity index (χ0) is 32.5. The molecule has 1 aliphatic carbocycles. The smallest absolute Gasteiger partial charge is 0.234 e. The third kappa shape index (κ3) is 6.33. The Labute approximate surface area is 278 Å². The Balaban J connectivity index is 1.08. The molecule has 0 aromatic heterocycles. The zero-order valence-electron chi connectivity index (χ0n) is 27.6. The van der Waals surface area contributed by atoms with Crippen LogP contribution in [-0.4, -0.2) is 58.6 Å². The topological polar surface area (TPSA) is 70.1 Å². The predicted molar refractivity (Wildman–Crippen MR) is 185 cm³/mol. The van der Waals surface area contributed by atoms with Crippen LogP contribution in [0.25, 0.3) is 11.6 Å². The summed E-state index contributed by atoms with van der Waals surface area (Å²) in [6, 6.07) is 28.2. The number of carbonyl (C=O) groups is 2. The van der Waals surface area contributed by atoms with Crippen molar-refractivity contribution in [3.63, 3.8) is 0 Å². The largest absolute Gasteiger partial charge is 0.507 e. The highest BCUT2D eigenvalue weighted by atomic mass is 16.5. The van der Waals surface area contributed by atoms with Crippen molar-refractivity contribution in [1.82, 2.24) is 9.80 Å². The van der Waals surface area contributed by atoms with Crippen LogP contribution in [0.3, 0.4) is 0 Å². The van der Waals surface area contributed by atoms with Crippen LogP contribution >= 0.6 is 0 Å². The molecule has 2 amide bonds. The Morgan fingerprint density at radius 3 is 2.28 bits per heavy atom. The van der Waals surface area contributed by atoms with E-state index in [-0.39, 0.29) is 53.4 Å². The number of ether oxygens (including phenoxy) is 1. The second-order valence-corrected chi connectivity index (χ2v) is 14.1. The third-order valence-electron chi connectivity index (χ3n) is 10.9. The minimum absolute atomic E-state index is 0.0235. The van der Waals surface area contributed by atoms with Crippen molar-refractivity contribution in [3.8, 4) is 5.75 Å². The van der Waals surface area contributed by atoms with Crippen molar-refractivity contribution in [3.05, 3.63) is 113 Å². The van der Waals surface area contributed by atoms with Crippen LogP contribution < -0.4 is 0 Å². The molecule has 0 unspecified atom stereocenters. The molecule has 4 atom stereocenters. The summed E-state index contributed by atoms with van der Waals surface area (Å²) >= 11 is 0. The maximum absolute atomic E-state index is 14.2. The Morgan fingerprint density at radius 2 is 1.57 bits per heavy atom. The molecular weight excluding hydrogens is 584 g/mol. The number of benzene rings is 3. The lowest BCUT2D eigenvalue weighted by Gasteiger charge is -2.36. The van der Waals surface area contributed by atoms with Gasteiger partial charge in [0.1, 0.15) is 5.75 Å². The molecule has 0 saturated carbocycles. The molecule has 3 fully saturated rings. The van der Waals surface area contributed by atoms with E-state index in [4.69, 9.17) is 4.74 Å². The second kappa shape index (κ2) is 13.6. The van der Waals surface area contributed by atoms with Gasteiger partial charge in [0, 0.05) is 37.2 Å². The average Bonchev–Trinajstić information content (AvgIpc) is 3.62. The van der Waals surface area contributed by atoms with Crippen molar-refractivity contribution in [2.75, 3.05) is 19.7 Å². The minimum Gasteiger partial charge on any atom is -0.507 e. The van der Waals surface area contributed by atoms with Gasteiger partial charge in [0.25, 0.3) is 0 Å². The molecule has 3 saturated heterocycles. The number of phenolic OH excluding ortho intramolecular Hbond substituents is 1. The van der Waals surface area contributed by atoms with Crippen LogP contribution in [0.5, 0.6) is 5.75 Å². The lowest BCUT2D eigenvalue weighted by molar-refractivity contribution is -0.144. The van der Waals surface area contributed by atoms with Crippen LogP contribution in [0, 0.1) is 23.7 Å². The summed E-state index contributed by atoms with van der Waals surface area (Å²) in [6.45, 7) is 7.59. The van der Waals surface area contributed by atoms with E-state index >= 15 is 0 Å². The number of nitrogens with zero attached hydrogens (tertiary/aromatic N) is 2. The lowest BCUT2D eigenvalue weighted by atomic mass is 9.67. The van der Waals surface area contributed by atoms with E-state index in [2.05, 4.69) is 61.2 Å². The van der Waals surface area contributed by atoms with Crippen LogP contribution in [0.4, 0.5) is 0 Å². The first kappa shape index (κ1) is 31.6. The third-order valence-corrected chi connectivity index (χ3v) is 10.9. The molecule has 1 N–H and O–H groups in total. The normalized spacial score (nSPS) is 25.5. The molecule has 0 radical (unpaired) electrons. The lowest BCUT2D eigenvalue weighted by Crippen LogP contribution is -2.47. The fourth-order valence-electron chi connectivity index (χ4n) is 8.56. The molecule has 0 spiro atoms. The van der Waals surface area contributed by atoms with Gasteiger partial charge in [-0.1, -0.05) is 98.3 Å². The number of fused-ring (bicyclic) bond motifs is 3. The zero-order valence-corrected chi connectivity index (χ0v) is 27.6. The summed E-state index contributed by atoms with van der Waals surface area (Å²) in [5.41, 5.74) is 6.93. The number of rotatable bonds is 9. The van der Waals surface area contributed by atoms with Gasteiger partial charge in [0.2, 0.25) is 11.8 Å². The number of hydrogen-bond donors (Lipinski definition) is 1. The van der Waals surface area contributed by atoms with Gasteiger partial charge in [-0.3, -0.25) is 19.4 Å². The number of imide groups is 1. The Kier molecular flexibility index (Phi) is 9.15. The number of para-hydroxylation sites is 1. The monoisotopic (exact) mass is 630 g/mol. The fraction of sp³-hybridized carbons (Fsp3) is 0.415. The van der Waals surface area contributed by atoms with E-state index in [0.717, 1.165) is 62.0 Å². The fourth-order valence-corrected chi connectivity index (χ4v) is 8.56. The number of amides is 2. The number of piperidine rings is 1. The number of aromatic hydroxyl groups is 1. The number of phenols is 1. The molecular formula is C41H46N2O4. The van der Waals surface area contributed by atoms with Gasteiger partial charge in [0.15, 0.2) is 0 Å². The highest BCUT2D eigenvalue weighted by Crippen LogP contribution is 2.52. The highest BCUT2D eigenvalue weighted by Gasteiger charge is 2.58. The maximum atomic E-state index is 14.2. The summed E-state index contributed by atoms with van der Waals surface area (Å²) in [7, 11) is 0. The van der Waals surface area contributed by atoms with Crippen LogP contribution in [-0.2, 0) is 20.9 Å². The number of carbonyl (C=O) groups excluding carboxylic acids is 2. The number of hydrogen-bond acceptors (Lipinski definition) is 5. The molecule has 3 aromatic carbocycles. The molecule has 3 aromatic rings. The van der Waals surface area contributed by atoms with Crippen LogP contribution in [0.1, 0.15) is 62.6 Å². The number of likely N-dealkylation sites (tertiary alicyclic amines) is 2. The summed E-state index contributed by atoms with van der Waals surface area (Å²) in [6.07, 6.45) is 5.84. The van der Waals surface area contributed by atoms with Gasteiger partial charge in [-0.05, 0) is 72.4 Å². The maximum Gasteiger partial charge on any atom is 0.234 e. The van der Waals surface area contributed by atoms with E-state index < -0.39 is 0 Å². The summed E-state index contributed by atoms with van der Waals surface area (Å²) < 4.78 is 6.56. The molecule has 0 bridgehead atoms. The first-order valence-electron chi connectivity index (χ1n) is 17.4. The molecule has 3 heterocycles. The van der Waals surface area contributed by atoms with Crippen molar-refractivity contribution in [2.24, 2.45) is 23.7 Å². The van der Waals surface area contributed by atoms with E-state index in [0.29, 0.717) is 13.0 Å². The van der Waals surface area contributed by atoms with E-state index in [1.807, 2.05) is 42.5 Å². The standard InChI is InChI=1S/C41H46N2O4/c1-27(2)33-24-34-39(41(46)43(40(34)45)32-19-21-42(22-20-32)25-28-11-5-3-6-12-28)35-26-47-37(38(33)35)18-17-30(29-13-7-4-8-14-29)23-31-15-9-10-16-36(31)44/h3-16,23,27,32,34-35,37,39,44H,17-22,24-26H2,1-2H3/b30-23-/t34-,35+,37-,39-/m1/s1. The van der Waals surface area contributed by atoms with Crippen LogP contribution in [0.15, 0.2) is 96.1 Å². The van der Waals surface area contributed by atoms with Gasteiger partial charge >= 0.3 is 0 Å². The van der Waals surface area contributed by atoms with Crippen molar-refractivity contribution < 1.29 is 19.4 Å². The summed E-state index contributed by atoms with van der Waals surface area (Å²) in [5.74, 6) is -0.0343. The molecule has 3 aliphatic heterocycles. The van der Waals surface area contributed by atoms with Gasteiger partial charge in [-0.2, -0.15) is 0 Å². The summed E-state index contributed by atoms with van der Waals surface area (Å²) in [4.78, 5) is 32.4. The molecule has 7 rings (SSSR count). The van der Waals surface area contributed by atoms with Crippen molar-refractivity contribution in [2.45, 2.75) is 64.6 Å². The SMILES string of the molecule is CC(C)C1=C2[C@@H](CC/C(=C/c3ccccc3O)c3ccccc3)OC[C@@H]2[C@@H]2C(=O)N(C3CCN(Cc4ccccc4)CC3)C(=O)[C@@H]2C1. The van der Waals surface area contributed by atoms with Gasteiger partial charge in [-0.15, -0.1) is 0 Å². The number of allylic oxidation sites excluding steroid dienone is 2. The van der Waals surface area contributed by atoms with Crippen LogP contribution in [0.2, 0.25) is 0 Å². The average molecular weight is 631 g/mol. The van der Waals surface area contributed by atoms with Crippen molar-refractivity contribution in [1.29, 1.82) is 0 Å². The first-order chi connectivity index (χ1) is 22.9. The molecule has 244 valence electrons. The van der Waals surface area contributed by atoms with E-state index in [1.54, 1.807) is 11.0 Å². The minimum atomic E-state index is -0.322. The Bertz CT molecular complexity index is 1650. The van der Waals surface area contributed by atoms with E-state index in [1.165, 1.54) is 16.7 Å². The van der Waals surface area contributed by atoms with Gasteiger partial charge < -0.3 is 9.84 Å². The Hall–Kier alpha value is -4.00. The molecule has 4 aliphatic rings. The quantitative estimate of drug-likeness (QED) is 0.152. The second-order valence-electron chi connectivity index (χ2n) is 14.1. The van der Waals surface area contributed by atoms with Gasteiger partial charge in [-0.25, -0.2) is 0 Å².